The zero-order valence-electron chi connectivity index (χ0n) is 7.18. The molecule has 0 saturated heterocycles. The third-order valence-corrected chi connectivity index (χ3v) is 1.43. The van der Waals surface area contributed by atoms with Gasteiger partial charge in [-0.25, -0.2) is 4.79 Å². The third-order valence-electron chi connectivity index (χ3n) is 1.43. The second kappa shape index (κ2) is 5.79. The fourth-order valence-corrected chi connectivity index (χ4v) is 0.879. The monoisotopic (exact) mass is 209 g/mol. The molecule has 0 spiro atoms. The van der Waals surface area contributed by atoms with Crippen molar-refractivity contribution in [2.75, 3.05) is 0 Å². The number of carboxylic acids is 1. The van der Waals surface area contributed by atoms with Crippen molar-refractivity contribution in [3.05, 3.63) is 41.5 Å². The first-order valence-corrected chi connectivity index (χ1v) is 3.63. The summed E-state index contributed by atoms with van der Waals surface area (Å²) in [5, 5.41) is 16.9. The quantitative estimate of drug-likeness (QED) is 0.759. The highest BCUT2D eigenvalue weighted by atomic mass is 35.5. The number of halogens is 1. The van der Waals surface area contributed by atoms with Crippen molar-refractivity contribution in [3.63, 3.8) is 0 Å². The van der Waals surface area contributed by atoms with E-state index in [0.717, 1.165) is 6.08 Å². The van der Waals surface area contributed by atoms with Crippen molar-refractivity contribution >= 4 is 24.5 Å². The molecule has 4 heteroatoms. The van der Waals surface area contributed by atoms with Crippen LogP contribution >= 0.6 is 12.4 Å². The van der Waals surface area contributed by atoms with E-state index < -0.39 is 5.97 Å². The maximum absolute atomic E-state index is 10.2. The average molecular weight is 210 g/mol. The molecule has 0 fully saturated rings. The highest BCUT2D eigenvalue weighted by Gasteiger charge is 1.91. The minimum Gasteiger partial charge on any atom is -0.478 e. The van der Waals surface area contributed by atoms with Gasteiger partial charge in [0.1, 0.15) is 0 Å². The summed E-state index contributed by atoms with van der Waals surface area (Å²) < 4.78 is 0. The SMILES string of the molecule is Cl.N#Cc1cccc(C=CC(=O)O)c1. The van der Waals surface area contributed by atoms with E-state index in [1.54, 1.807) is 24.3 Å². The normalized spacial score (nSPS) is 9.07. The fraction of sp³-hybridized carbons (Fsp3) is 0. The predicted octanol–water partition coefficient (Wildman–Crippen LogP) is 2.08. The Kier molecular flexibility index (Phi) is 5.05. The number of carboxylic acid groups (broad SMARTS) is 1. The van der Waals surface area contributed by atoms with Crippen molar-refractivity contribution in [1.29, 1.82) is 5.26 Å². The van der Waals surface area contributed by atoms with E-state index in [9.17, 15) is 4.79 Å². The Bertz CT molecular complexity index is 393. The molecule has 0 aromatic heterocycles. The van der Waals surface area contributed by atoms with Gasteiger partial charge in [-0.2, -0.15) is 5.26 Å². The lowest BCUT2D eigenvalue weighted by Crippen LogP contribution is -1.85. The van der Waals surface area contributed by atoms with Crippen LogP contribution in [0.4, 0.5) is 0 Å². The third kappa shape index (κ3) is 3.74. The van der Waals surface area contributed by atoms with E-state index in [4.69, 9.17) is 10.4 Å². The highest BCUT2D eigenvalue weighted by molar-refractivity contribution is 5.85. The number of benzene rings is 1. The Morgan fingerprint density at radius 2 is 2.21 bits per heavy atom. The van der Waals surface area contributed by atoms with Gasteiger partial charge in [-0.05, 0) is 23.8 Å². The summed E-state index contributed by atoms with van der Waals surface area (Å²) in [4.78, 5) is 10.2. The molecular formula is C10H8ClNO2. The van der Waals surface area contributed by atoms with Crippen LogP contribution in [0, 0.1) is 11.3 Å². The van der Waals surface area contributed by atoms with Crippen LogP contribution < -0.4 is 0 Å². The van der Waals surface area contributed by atoms with Crippen LogP contribution in [-0.2, 0) is 4.79 Å². The van der Waals surface area contributed by atoms with Gasteiger partial charge in [0.15, 0.2) is 0 Å². The van der Waals surface area contributed by atoms with Crippen LogP contribution in [0.5, 0.6) is 0 Å². The smallest absolute Gasteiger partial charge is 0.328 e. The van der Waals surface area contributed by atoms with Gasteiger partial charge in [0.25, 0.3) is 0 Å². The molecule has 0 unspecified atom stereocenters. The molecule has 1 aromatic carbocycles. The zero-order chi connectivity index (χ0) is 9.68. The van der Waals surface area contributed by atoms with Gasteiger partial charge in [0.2, 0.25) is 0 Å². The summed E-state index contributed by atoms with van der Waals surface area (Å²) in [6.45, 7) is 0. The molecule has 72 valence electrons. The molecule has 14 heavy (non-hydrogen) atoms. The maximum Gasteiger partial charge on any atom is 0.328 e. The fourth-order valence-electron chi connectivity index (χ4n) is 0.879. The van der Waals surface area contributed by atoms with E-state index in [0.29, 0.717) is 11.1 Å². The Balaban J connectivity index is 0.00000169. The summed E-state index contributed by atoms with van der Waals surface area (Å²) in [6.07, 6.45) is 2.49. The molecule has 0 aliphatic heterocycles. The number of hydrogen-bond donors (Lipinski definition) is 1. The molecule has 3 nitrogen and oxygen atoms in total. The molecule has 0 bridgehead atoms. The first-order valence-electron chi connectivity index (χ1n) is 3.63. The second-order valence-electron chi connectivity index (χ2n) is 2.41. The van der Waals surface area contributed by atoms with Crippen molar-refractivity contribution in [3.8, 4) is 6.07 Å². The van der Waals surface area contributed by atoms with Crippen molar-refractivity contribution < 1.29 is 9.90 Å². The molecular weight excluding hydrogens is 202 g/mol. The number of aliphatic carboxylic acids is 1. The average Bonchev–Trinajstić information content (AvgIpc) is 2.15. The number of hydrogen-bond acceptors (Lipinski definition) is 2. The Morgan fingerprint density at radius 3 is 2.79 bits per heavy atom. The Hall–Kier alpha value is -1.79. The molecule has 0 aliphatic rings. The topological polar surface area (TPSA) is 61.1 Å². The largest absolute Gasteiger partial charge is 0.478 e. The molecule has 0 aliphatic carbocycles. The first kappa shape index (κ1) is 12.2. The standard InChI is InChI=1S/C10H7NO2.ClH/c11-7-9-3-1-2-8(6-9)4-5-10(12)13;/h1-6H,(H,12,13);1H. The summed E-state index contributed by atoms with van der Waals surface area (Å²) >= 11 is 0. The highest BCUT2D eigenvalue weighted by Crippen LogP contribution is 2.05. The Morgan fingerprint density at radius 1 is 1.50 bits per heavy atom. The minimum atomic E-state index is -0.998. The van der Waals surface area contributed by atoms with E-state index in [2.05, 4.69) is 0 Å². The maximum atomic E-state index is 10.2. The van der Waals surface area contributed by atoms with Crippen molar-refractivity contribution in [2.24, 2.45) is 0 Å². The van der Waals surface area contributed by atoms with E-state index >= 15 is 0 Å². The van der Waals surface area contributed by atoms with E-state index in [-0.39, 0.29) is 12.4 Å². The van der Waals surface area contributed by atoms with Gasteiger partial charge in [0.05, 0.1) is 11.6 Å². The molecule has 1 rings (SSSR count). The second-order valence-corrected chi connectivity index (χ2v) is 2.41. The van der Waals surface area contributed by atoms with Crippen LogP contribution in [0.1, 0.15) is 11.1 Å². The number of carbonyl (C=O) groups is 1. The van der Waals surface area contributed by atoms with Gasteiger partial charge in [-0.1, -0.05) is 12.1 Å². The molecule has 1 aromatic rings. The summed E-state index contributed by atoms with van der Waals surface area (Å²) in [7, 11) is 0. The van der Waals surface area contributed by atoms with Gasteiger partial charge in [0, 0.05) is 6.08 Å². The lowest BCUT2D eigenvalue weighted by molar-refractivity contribution is -0.131. The summed E-state index contributed by atoms with van der Waals surface area (Å²) in [5.41, 5.74) is 1.23. The van der Waals surface area contributed by atoms with Crippen molar-refractivity contribution in [1.82, 2.24) is 0 Å². The number of nitriles is 1. The van der Waals surface area contributed by atoms with Crippen LogP contribution in [0.25, 0.3) is 6.08 Å². The lowest BCUT2D eigenvalue weighted by atomic mass is 10.1. The number of nitrogens with zero attached hydrogens (tertiary/aromatic N) is 1. The first-order chi connectivity index (χ1) is 6.22. The molecule has 0 heterocycles. The van der Waals surface area contributed by atoms with E-state index in [1.807, 2.05) is 6.07 Å². The van der Waals surface area contributed by atoms with Crippen LogP contribution in [0.3, 0.4) is 0 Å². The van der Waals surface area contributed by atoms with Crippen LogP contribution in [0.15, 0.2) is 30.3 Å². The van der Waals surface area contributed by atoms with Gasteiger partial charge >= 0.3 is 5.97 Å². The van der Waals surface area contributed by atoms with Crippen molar-refractivity contribution in [2.45, 2.75) is 0 Å². The van der Waals surface area contributed by atoms with Gasteiger partial charge in [-0.3, -0.25) is 0 Å². The Labute approximate surface area is 87.7 Å². The van der Waals surface area contributed by atoms with E-state index in [1.165, 1.54) is 6.08 Å². The molecule has 0 radical (unpaired) electrons. The molecule has 0 saturated carbocycles. The summed E-state index contributed by atoms with van der Waals surface area (Å²) in [5.74, 6) is -0.998. The van der Waals surface area contributed by atoms with Gasteiger partial charge in [-0.15, -0.1) is 12.4 Å². The number of rotatable bonds is 2. The zero-order valence-corrected chi connectivity index (χ0v) is 7.99. The van der Waals surface area contributed by atoms with Crippen LogP contribution in [-0.4, -0.2) is 11.1 Å². The molecule has 0 atom stereocenters. The minimum absolute atomic E-state index is 0. The van der Waals surface area contributed by atoms with Crippen LogP contribution in [0.2, 0.25) is 0 Å². The predicted molar refractivity (Wildman–Crippen MR) is 55.1 cm³/mol. The molecule has 0 amide bonds. The molecule has 1 N–H and O–H groups in total. The summed E-state index contributed by atoms with van der Waals surface area (Å²) in [6, 6.07) is 8.71. The van der Waals surface area contributed by atoms with Gasteiger partial charge < -0.3 is 5.11 Å². The lowest BCUT2D eigenvalue weighted by Gasteiger charge is -1.91.